The van der Waals surface area contributed by atoms with E-state index in [4.69, 9.17) is 4.74 Å². The largest absolute Gasteiger partial charge is 0.490 e. The lowest BCUT2D eigenvalue weighted by molar-refractivity contribution is 0.112. The lowest BCUT2D eigenvalue weighted by atomic mass is 9.89. The average Bonchev–Trinajstić information content (AvgIpc) is 2.49. The molecule has 2 aromatic carbocycles. The van der Waals surface area contributed by atoms with Crippen molar-refractivity contribution in [1.29, 1.82) is 0 Å². The summed E-state index contributed by atoms with van der Waals surface area (Å²) in [4.78, 5) is 10.9. The van der Waals surface area contributed by atoms with Gasteiger partial charge in [-0.15, -0.1) is 0 Å². The van der Waals surface area contributed by atoms with Gasteiger partial charge in [0, 0.05) is 10.9 Å². The highest BCUT2D eigenvalue weighted by Crippen LogP contribution is 2.31. The summed E-state index contributed by atoms with van der Waals surface area (Å²) in [5.41, 5.74) is 0.709. The quantitative estimate of drug-likeness (QED) is 0.760. The Kier molecular flexibility index (Phi) is 3.72. The maximum atomic E-state index is 10.9. The maximum Gasteiger partial charge on any atom is 0.150 e. The van der Waals surface area contributed by atoms with Crippen LogP contribution in [0.25, 0.3) is 10.8 Å². The Labute approximate surface area is 119 Å². The van der Waals surface area contributed by atoms with E-state index in [-0.39, 0.29) is 0 Å². The minimum Gasteiger partial charge on any atom is -0.490 e. The molecule has 1 saturated carbocycles. The molecule has 0 radical (unpaired) electrons. The molecule has 0 aliphatic heterocycles. The molecule has 0 amide bonds. The van der Waals surface area contributed by atoms with E-state index in [1.807, 2.05) is 36.4 Å². The van der Waals surface area contributed by atoms with Crippen LogP contribution in [-0.4, -0.2) is 12.4 Å². The minimum atomic E-state index is 0.336. The number of hydrogen-bond donors (Lipinski definition) is 0. The van der Waals surface area contributed by atoms with Gasteiger partial charge in [-0.05, 0) is 55.2 Å². The molecule has 1 aliphatic carbocycles. The van der Waals surface area contributed by atoms with Gasteiger partial charge < -0.3 is 4.74 Å². The first kappa shape index (κ1) is 13.2. The van der Waals surface area contributed by atoms with Crippen molar-refractivity contribution in [2.45, 2.75) is 38.7 Å². The first-order valence-corrected chi connectivity index (χ1v) is 7.41. The summed E-state index contributed by atoms with van der Waals surface area (Å²) in [6, 6.07) is 11.8. The van der Waals surface area contributed by atoms with Crippen LogP contribution < -0.4 is 4.74 Å². The van der Waals surface area contributed by atoms with Gasteiger partial charge in [-0.2, -0.15) is 0 Å². The lowest BCUT2D eigenvalue weighted by Crippen LogP contribution is -2.23. The van der Waals surface area contributed by atoms with E-state index in [1.54, 1.807) is 0 Å². The van der Waals surface area contributed by atoms with Gasteiger partial charge in [0.25, 0.3) is 0 Å². The number of benzene rings is 2. The molecule has 2 aromatic rings. The summed E-state index contributed by atoms with van der Waals surface area (Å²) >= 11 is 0. The van der Waals surface area contributed by atoms with Gasteiger partial charge in [-0.25, -0.2) is 0 Å². The fraction of sp³-hybridized carbons (Fsp3) is 0.389. The van der Waals surface area contributed by atoms with E-state index in [0.29, 0.717) is 11.7 Å². The second kappa shape index (κ2) is 5.66. The zero-order valence-corrected chi connectivity index (χ0v) is 11.8. The van der Waals surface area contributed by atoms with Crippen molar-refractivity contribution >= 4 is 17.1 Å². The molecule has 1 fully saturated rings. The van der Waals surface area contributed by atoms with E-state index < -0.39 is 0 Å². The summed E-state index contributed by atoms with van der Waals surface area (Å²) in [6.07, 6.45) is 6.02. The maximum absolute atomic E-state index is 10.9. The van der Waals surface area contributed by atoms with E-state index in [2.05, 4.69) is 6.92 Å². The molecule has 0 heterocycles. The number of carbonyl (C=O) groups excluding carboxylic acids is 1. The van der Waals surface area contributed by atoms with Gasteiger partial charge in [0.05, 0.1) is 6.10 Å². The van der Waals surface area contributed by atoms with Gasteiger partial charge in [0.2, 0.25) is 0 Å². The van der Waals surface area contributed by atoms with Crippen LogP contribution in [0.2, 0.25) is 0 Å². The Morgan fingerprint density at radius 1 is 1.10 bits per heavy atom. The summed E-state index contributed by atoms with van der Waals surface area (Å²) in [6.45, 7) is 2.31. The lowest BCUT2D eigenvalue weighted by Gasteiger charge is -2.27. The van der Waals surface area contributed by atoms with Gasteiger partial charge in [0.15, 0.2) is 0 Å². The molecule has 3 rings (SSSR count). The second-order valence-electron chi connectivity index (χ2n) is 5.85. The molecule has 1 aliphatic rings. The number of aldehydes is 1. The van der Waals surface area contributed by atoms with Crippen molar-refractivity contribution in [3.05, 3.63) is 42.0 Å². The molecule has 0 spiro atoms. The van der Waals surface area contributed by atoms with Crippen molar-refractivity contribution in [2.75, 3.05) is 0 Å². The highest BCUT2D eigenvalue weighted by atomic mass is 16.5. The van der Waals surface area contributed by atoms with Crippen LogP contribution >= 0.6 is 0 Å². The predicted octanol–water partition coefficient (Wildman–Crippen LogP) is 4.61. The number of hydrogen-bond acceptors (Lipinski definition) is 2. The van der Waals surface area contributed by atoms with Crippen LogP contribution in [0.5, 0.6) is 5.75 Å². The van der Waals surface area contributed by atoms with Crippen LogP contribution in [0.4, 0.5) is 0 Å². The molecule has 0 saturated heterocycles. The Morgan fingerprint density at radius 2 is 1.90 bits per heavy atom. The van der Waals surface area contributed by atoms with Gasteiger partial charge in [-0.3, -0.25) is 4.79 Å². The first-order chi connectivity index (χ1) is 9.76. The number of rotatable bonds is 3. The van der Waals surface area contributed by atoms with E-state index in [9.17, 15) is 4.79 Å². The smallest absolute Gasteiger partial charge is 0.150 e. The SMILES string of the molecule is C[C@H]1CC[C@@H](Oc2cccc3cc(C=O)ccc23)CC1. The average molecular weight is 268 g/mol. The molecule has 0 bridgehead atoms. The third-order valence-electron chi connectivity index (χ3n) is 4.26. The Morgan fingerprint density at radius 3 is 2.65 bits per heavy atom. The fourth-order valence-corrected chi connectivity index (χ4v) is 2.98. The monoisotopic (exact) mass is 268 g/mol. The third-order valence-corrected chi connectivity index (χ3v) is 4.26. The molecular formula is C18H20O2. The summed E-state index contributed by atoms with van der Waals surface area (Å²) in [7, 11) is 0. The Bertz CT molecular complexity index is 610. The topological polar surface area (TPSA) is 26.3 Å². The Balaban J connectivity index is 1.86. The highest BCUT2D eigenvalue weighted by molar-refractivity contribution is 5.92. The van der Waals surface area contributed by atoms with Gasteiger partial charge in [0.1, 0.15) is 12.0 Å². The molecule has 0 unspecified atom stereocenters. The number of ether oxygens (including phenoxy) is 1. The molecule has 20 heavy (non-hydrogen) atoms. The standard InChI is InChI=1S/C18H20O2/c1-13-5-8-16(9-6-13)20-18-4-2-3-15-11-14(12-19)7-10-17(15)18/h2-4,7,10-13,16H,5-6,8-9H2,1H3/t13-,16+. The number of carbonyl (C=O) groups is 1. The van der Waals surface area contributed by atoms with E-state index in [1.165, 1.54) is 12.8 Å². The second-order valence-corrected chi connectivity index (χ2v) is 5.85. The van der Waals surface area contributed by atoms with Crippen molar-refractivity contribution < 1.29 is 9.53 Å². The van der Waals surface area contributed by atoms with Crippen LogP contribution in [0.3, 0.4) is 0 Å². The number of fused-ring (bicyclic) bond motifs is 1. The molecular weight excluding hydrogens is 248 g/mol. The van der Waals surface area contributed by atoms with Crippen molar-refractivity contribution in [3.8, 4) is 5.75 Å². The minimum absolute atomic E-state index is 0.336. The molecule has 0 aromatic heterocycles. The first-order valence-electron chi connectivity index (χ1n) is 7.41. The van der Waals surface area contributed by atoms with Crippen LogP contribution in [-0.2, 0) is 0 Å². The van der Waals surface area contributed by atoms with E-state index in [0.717, 1.165) is 41.6 Å². The zero-order valence-electron chi connectivity index (χ0n) is 11.8. The highest BCUT2D eigenvalue weighted by Gasteiger charge is 2.20. The van der Waals surface area contributed by atoms with Crippen molar-refractivity contribution in [1.82, 2.24) is 0 Å². The van der Waals surface area contributed by atoms with E-state index >= 15 is 0 Å². The summed E-state index contributed by atoms with van der Waals surface area (Å²) in [5.74, 6) is 1.78. The predicted molar refractivity (Wildman–Crippen MR) is 81.4 cm³/mol. The molecule has 0 N–H and O–H groups in total. The van der Waals surface area contributed by atoms with Crippen molar-refractivity contribution in [2.24, 2.45) is 5.92 Å². The van der Waals surface area contributed by atoms with Crippen LogP contribution in [0.15, 0.2) is 36.4 Å². The normalized spacial score (nSPS) is 22.6. The molecule has 0 atom stereocenters. The van der Waals surface area contributed by atoms with Crippen LogP contribution in [0.1, 0.15) is 43.0 Å². The van der Waals surface area contributed by atoms with Gasteiger partial charge >= 0.3 is 0 Å². The zero-order chi connectivity index (χ0) is 13.9. The Hall–Kier alpha value is -1.83. The fourth-order valence-electron chi connectivity index (χ4n) is 2.98. The molecule has 104 valence electrons. The summed E-state index contributed by atoms with van der Waals surface area (Å²) < 4.78 is 6.20. The molecule has 2 nitrogen and oxygen atoms in total. The molecule has 2 heteroatoms. The third kappa shape index (κ3) is 2.69. The summed E-state index contributed by atoms with van der Waals surface area (Å²) in [5, 5.41) is 2.16. The van der Waals surface area contributed by atoms with Crippen LogP contribution in [0, 0.1) is 5.92 Å². The van der Waals surface area contributed by atoms with Gasteiger partial charge in [-0.1, -0.05) is 25.1 Å². The van der Waals surface area contributed by atoms with Crippen molar-refractivity contribution in [3.63, 3.8) is 0 Å².